The number of carbonyl (C=O) groups excluding carboxylic acids is 1. The maximum absolute atomic E-state index is 12.3. The number of nitrogens with one attached hydrogen (secondary N) is 1. The monoisotopic (exact) mass is 333 g/mol. The minimum absolute atomic E-state index is 0.184. The van der Waals surface area contributed by atoms with Crippen LogP contribution in [-0.2, 0) is 6.54 Å². The lowest BCUT2D eigenvalue weighted by molar-refractivity contribution is 0.0950. The Bertz CT molecular complexity index is 913. The van der Waals surface area contributed by atoms with Crippen LogP contribution in [0.1, 0.15) is 16.1 Å². The maximum Gasteiger partial charge on any atom is 0.251 e. The molecule has 25 heavy (non-hydrogen) atoms. The third kappa shape index (κ3) is 3.28. The van der Waals surface area contributed by atoms with E-state index in [1.165, 1.54) is 6.33 Å². The quantitative estimate of drug-likeness (QED) is 0.795. The highest BCUT2D eigenvalue weighted by Crippen LogP contribution is 2.32. The Morgan fingerprint density at radius 2 is 1.84 bits per heavy atom. The second-order valence-electron chi connectivity index (χ2n) is 5.51. The number of nitrogens with zero attached hydrogens (tertiary/aromatic N) is 2. The highest BCUT2D eigenvalue weighted by Gasteiger charge is 2.16. The van der Waals surface area contributed by atoms with Gasteiger partial charge in [-0.3, -0.25) is 4.79 Å². The third-order valence-electron chi connectivity index (χ3n) is 3.86. The van der Waals surface area contributed by atoms with Crippen LogP contribution in [0.25, 0.3) is 11.3 Å². The largest absolute Gasteiger partial charge is 0.454 e. The molecule has 124 valence electrons. The van der Waals surface area contributed by atoms with Crippen LogP contribution in [0.3, 0.4) is 0 Å². The molecule has 0 bridgehead atoms. The zero-order valence-corrected chi connectivity index (χ0v) is 13.3. The van der Waals surface area contributed by atoms with E-state index in [1.54, 1.807) is 18.2 Å². The summed E-state index contributed by atoms with van der Waals surface area (Å²) in [7, 11) is 0. The Hall–Kier alpha value is -3.41. The van der Waals surface area contributed by atoms with Gasteiger partial charge < -0.3 is 14.8 Å². The van der Waals surface area contributed by atoms with Gasteiger partial charge in [0.05, 0.1) is 17.9 Å². The molecule has 0 unspecified atom stereocenters. The number of ether oxygens (including phenoxy) is 2. The van der Waals surface area contributed by atoms with Crippen LogP contribution in [0.5, 0.6) is 11.5 Å². The number of aromatic nitrogens is 2. The SMILES string of the molecule is O=C(NCc1cc(-c2ccccc2)ncn1)c1ccc2c(c1)OCO2. The van der Waals surface area contributed by atoms with Gasteiger partial charge in [0.2, 0.25) is 6.79 Å². The predicted molar refractivity (Wildman–Crippen MR) is 91.2 cm³/mol. The van der Waals surface area contributed by atoms with Crippen molar-refractivity contribution in [2.24, 2.45) is 0 Å². The van der Waals surface area contributed by atoms with Crippen LogP contribution < -0.4 is 14.8 Å². The van der Waals surface area contributed by atoms with Gasteiger partial charge in [-0.05, 0) is 24.3 Å². The normalized spacial score (nSPS) is 12.0. The van der Waals surface area contributed by atoms with Gasteiger partial charge in [0.15, 0.2) is 11.5 Å². The van der Waals surface area contributed by atoms with Crippen molar-refractivity contribution in [3.8, 4) is 22.8 Å². The number of carbonyl (C=O) groups is 1. The van der Waals surface area contributed by atoms with E-state index in [0.29, 0.717) is 23.6 Å². The first-order valence-electron chi connectivity index (χ1n) is 7.84. The highest BCUT2D eigenvalue weighted by molar-refractivity contribution is 5.94. The van der Waals surface area contributed by atoms with Crippen molar-refractivity contribution in [2.75, 3.05) is 6.79 Å². The fourth-order valence-electron chi connectivity index (χ4n) is 2.57. The summed E-state index contributed by atoms with van der Waals surface area (Å²) >= 11 is 0. The van der Waals surface area contributed by atoms with Crippen LogP contribution in [-0.4, -0.2) is 22.7 Å². The first kappa shape index (κ1) is 15.1. The molecule has 1 aromatic heterocycles. The van der Waals surface area contributed by atoms with E-state index in [9.17, 15) is 4.79 Å². The molecule has 1 aliphatic heterocycles. The zero-order chi connectivity index (χ0) is 17.1. The summed E-state index contributed by atoms with van der Waals surface area (Å²) in [6, 6.07) is 16.8. The molecule has 1 aliphatic rings. The van der Waals surface area contributed by atoms with Crippen molar-refractivity contribution in [2.45, 2.75) is 6.54 Å². The molecule has 6 nitrogen and oxygen atoms in total. The van der Waals surface area contributed by atoms with Crippen LogP contribution in [0, 0.1) is 0 Å². The van der Waals surface area contributed by atoms with E-state index in [2.05, 4.69) is 15.3 Å². The highest BCUT2D eigenvalue weighted by atomic mass is 16.7. The van der Waals surface area contributed by atoms with E-state index in [4.69, 9.17) is 9.47 Å². The van der Waals surface area contributed by atoms with Gasteiger partial charge in [0.1, 0.15) is 6.33 Å². The number of rotatable bonds is 4. The van der Waals surface area contributed by atoms with Gasteiger partial charge in [0.25, 0.3) is 5.91 Å². The van der Waals surface area contributed by atoms with E-state index in [-0.39, 0.29) is 12.7 Å². The molecule has 2 heterocycles. The molecule has 0 saturated carbocycles. The van der Waals surface area contributed by atoms with Gasteiger partial charge in [-0.1, -0.05) is 30.3 Å². The van der Waals surface area contributed by atoms with Gasteiger partial charge in [-0.2, -0.15) is 0 Å². The molecule has 0 radical (unpaired) electrons. The van der Waals surface area contributed by atoms with Gasteiger partial charge in [0, 0.05) is 11.1 Å². The summed E-state index contributed by atoms with van der Waals surface area (Å²) in [5, 5.41) is 2.86. The molecule has 4 rings (SSSR count). The van der Waals surface area contributed by atoms with Crippen molar-refractivity contribution in [3.63, 3.8) is 0 Å². The summed E-state index contributed by atoms with van der Waals surface area (Å²) in [5.41, 5.74) is 3.08. The summed E-state index contributed by atoms with van der Waals surface area (Å²) in [6.07, 6.45) is 1.50. The Labute approximate surface area is 144 Å². The van der Waals surface area contributed by atoms with E-state index >= 15 is 0 Å². The third-order valence-corrected chi connectivity index (χ3v) is 3.86. The van der Waals surface area contributed by atoms with Crippen LogP contribution in [0.4, 0.5) is 0 Å². The molecule has 0 spiro atoms. The molecular weight excluding hydrogens is 318 g/mol. The number of fused-ring (bicyclic) bond motifs is 1. The van der Waals surface area contributed by atoms with E-state index in [0.717, 1.165) is 17.0 Å². The van der Waals surface area contributed by atoms with Crippen molar-refractivity contribution >= 4 is 5.91 Å². The van der Waals surface area contributed by atoms with Gasteiger partial charge in [-0.15, -0.1) is 0 Å². The average molecular weight is 333 g/mol. The molecule has 0 fully saturated rings. The fraction of sp³-hybridized carbons (Fsp3) is 0.105. The maximum atomic E-state index is 12.3. The van der Waals surface area contributed by atoms with Crippen LogP contribution in [0.2, 0.25) is 0 Å². The number of benzene rings is 2. The Balaban J connectivity index is 1.45. The van der Waals surface area contributed by atoms with Crippen molar-refractivity contribution in [1.29, 1.82) is 0 Å². The smallest absolute Gasteiger partial charge is 0.251 e. The Morgan fingerprint density at radius 1 is 1.00 bits per heavy atom. The molecule has 0 saturated heterocycles. The lowest BCUT2D eigenvalue weighted by Crippen LogP contribution is -2.23. The standard InChI is InChI=1S/C19H15N3O3/c23-19(14-6-7-17-18(8-14)25-12-24-17)20-10-15-9-16(22-11-21-15)13-4-2-1-3-5-13/h1-9,11H,10,12H2,(H,20,23). The molecule has 1 amide bonds. The first-order valence-corrected chi connectivity index (χ1v) is 7.84. The minimum atomic E-state index is -0.196. The fourth-order valence-corrected chi connectivity index (χ4v) is 2.57. The molecule has 2 aromatic carbocycles. The van der Waals surface area contributed by atoms with Crippen molar-refractivity contribution < 1.29 is 14.3 Å². The zero-order valence-electron chi connectivity index (χ0n) is 13.3. The summed E-state index contributed by atoms with van der Waals surface area (Å²) in [6.45, 7) is 0.499. The molecule has 3 aromatic rings. The molecule has 0 atom stereocenters. The molecule has 0 aliphatic carbocycles. The van der Waals surface area contributed by atoms with E-state index in [1.807, 2.05) is 36.4 Å². The molecule has 6 heteroatoms. The number of hydrogen-bond acceptors (Lipinski definition) is 5. The Morgan fingerprint density at radius 3 is 2.72 bits per heavy atom. The Kier molecular flexibility index (Phi) is 4.00. The topological polar surface area (TPSA) is 73.3 Å². The summed E-state index contributed by atoms with van der Waals surface area (Å²) in [5.74, 6) is 1.04. The van der Waals surface area contributed by atoms with Crippen LogP contribution >= 0.6 is 0 Å². The van der Waals surface area contributed by atoms with Gasteiger partial charge >= 0.3 is 0 Å². The van der Waals surface area contributed by atoms with Crippen LogP contribution in [0.15, 0.2) is 60.9 Å². The number of hydrogen-bond donors (Lipinski definition) is 1. The average Bonchev–Trinajstić information content (AvgIpc) is 3.15. The van der Waals surface area contributed by atoms with Crippen molar-refractivity contribution in [1.82, 2.24) is 15.3 Å². The minimum Gasteiger partial charge on any atom is -0.454 e. The summed E-state index contributed by atoms with van der Waals surface area (Å²) in [4.78, 5) is 20.8. The van der Waals surface area contributed by atoms with E-state index < -0.39 is 0 Å². The molecule has 1 N–H and O–H groups in total. The van der Waals surface area contributed by atoms with Crippen molar-refractivity contribution in [3.05, 3.63) is 72.2 Å². The lowest BCUT2D eigenvalue weighted by atomic mass is 10.1. The van der Waals surface area contributed by atoms with Gasteiger partial charge in [-0.25, -0.2) is 9.97 Å². The number of amides is 1. The lowest BCUT2D eigenvalue weighted by Gasteiger charge is -2.07. The second-order valence-corrected chi connectivity index (χ2v) is 5.51. The second kappa shape index (κ2) is 6.60. The molecular formula is C19H15N3O3. The summed E-state index contributed by atoms with van der Waals surface area (Å²) < 4.78 is 10.5. The first-order chi connectivity index (χ1) is 12.3. The predicted octanol–water partition coefficient (Wildman–Crippen LogP) is 2.80.